The van der Waals surface area contributed by atoms with Gasteiger partial charge in [0.05, 0.1) is 18.2 Å². The Morgan fingerprint density at radius 3 is 2.79 bits per heavy atom. The lowest BCUT2D eigenvalue weighted by Crippen LogP contribution is -2.45. The molecule has 3 rings (SSSR count). The lowest BCUT2D eigenvalue weighted by molar-refractivity contribution is -0.137. The number of rotatable bonds is 5. The maximum Gasteiger partial charge on any atom is 0.416 e. The Kier molecular flexibility index (Phi) is 6.79. The molecule has 0 bridgehead atoms. The number of nitrogens with zero attached hydrogens (tertiary/aromatic N) is 1. The summed E-state index contributed by atoms with van der Waals surface area (Å²) in [5.74, 6) is -1.06. The summed E-state index contributed by atoms with van der Waals surface area (Å²) in [5, 5.41) is 5.28. The monoisotopic (exact) mass is 413 g/mol. The number of ether oxygens (including phenoxy) is 1. The molecule has 0 saturated carbocycles. The van der Waals surface area contributed by atoms with E-state index < -0.39 is 17.6 Å². The number of carbonyl (C=O) groups is 2. The first-order chi connectivity index (χ1) is 13.7. The molecular formula is C20H26F3N3O3. The second kappa shape index (κ2) is 9.13. The Labute approximate surface area is 167 Å². The molecule has 0 spiro atoms. The van der Waals surface area contributed by atoms with Crippen molar-refractivity contribution in [3.8, 4) is 0 Å². The third kappa shape index (κ3) is 5.93. The number of nitrogens with one attached hydrogen (secondary N) is 2. The molecular weight excluding hydrogens is 387 g/mol. The third-order valence-electron chi connectivity index (χ3n) is 5.42. The highest BCUT2D eigenvalue weighted by atomic mass is 19.4. The topological polar surface area (TPSA) is 70.7 Å². The lowest BCUT2D eigenvalue weighted by atomic mass is 10.0. The van der Waals surface area contributed by atoms with Crippen molar-refractivity contribution in [1.29, 1.82) is 0 Å². The van der Waals surface area contributed by atoms with E-state index in [2.05, 4.69) is 22.5 Å². The maximum absolute atomic E-state index is 12.8. The van der Waals surface area contributed by atoms with Crippen molar-refractivity contribution < 1.29 is 27.5 Å². The van der Waals surface area contributed by atoms with E-state index in [1.54, 1.807) is 0 Å². The van der Waals surface area contributed by atoms with Gasteiger partial charge < -0.3 is 15.4 Å². The smallest absolute Gasteiger partial charge is 0.378 e. The fraction of sp³-hybridized carbons (Fsp3) is 0.600. The first-order valence-corrected chi connectivity index (χ1v) is 9.83. The average Bonchev–Trinajstić information content (AvgIpc) is 3.14. The van der Waals surface area contributed by atoms with Crippen molar-refractivity contribution in [2.45, 2.75) is 50.6 Å². The molecule has 29 heavy (non-hydrogen) atoms. The van der Waals surface area contributed by atoms with Gasteiger partial charge >= 0.3 is 6.18 Å². The van der Waals surface area contributed by atoms with Gasteiger partial charge in [-0.3, -0.25) is 14.5 Å². The summed E-state index contributed by atoms with van der Waals surface area (Å²) in [7, 11) is 0. The minimum absolute atomic E-state index is 0.00566. The highest BCUT2D eigenvalue weighted by Crippen LogP contribution is 2.29. The van der Waals surface area contributed by atoms with E-state index in [4.69, 9.17) is 4.74 Å². The zero-order valence-electron chi connectivity index (χ0n) is 16.3. The molecule has 2 amide bonds. The predicted molar refractivity (Wildman–Crippen MR) is 100 cm³/mol. The Morgan fingerprint density at radius 2 is 2.07 bits per heavy atom. The molecule has 6 nitrogen and oxygen atoms in total. The summed E-state index contributed by atoms with van der Waals surface area (Å²) in [6.45, 7) is 4.19. The Hall–Kier alpha value is -2.13. The number of halogens is 3. The number of benzene rings is 1. The van der Waals surface area contributed by atoms with Crippen molar-refractivity contribution in [1.82, 2.24) is 15.5 Å². The van der Waals surface area contributed by atoms with Gasteiger partial charge in [0.1, 0.15) is 0 Å². The van der Waals surface area contributed by atoms with E-state index in [0.717, 1.165) is 51.1 Å². The maximum atomic E-state index is 12.8. The number of amides is 2. The van der Waals surface area contributed by atoms with E-state index >= 15 is 0 Å². The van der Waals surface area contributed by atoms with Crippen LogP contribution >= 0.6 is 0 Å². The van der Waals surface area contributed by atoms with Gasteiger partial charge in [-0.15, -0.1) is 0 Å². The van der Waals surface area contributed by atoms with Crippen LogP contribution in [0.4, 0.5) is 13.2 Å². The molecule has 2 aliphatic rings. The van der Waals surface area contributed by atoms with E-state index in [1.807, 2.05) is 0 Å². The molecule has 9 heteroatoms. The van der Waals surface area contributed by atoms with E-state index in [0.29, 0.717) is 6.04 Å². The highest BCUT2D eigenvalue weighted by Gasteiger charge is 2.32. The van der Waals surface area contributed by atoms with E-state index in [9.17, 15) is 22.8 Å². The van der Waals surface area contributed by atoms with Crippen LogP contribution < -0.4 is 10.6 Å². The van der Waals surface area contributed by atoms with Crippen LogP contribution in [0, 0.1) is 0 Å². The first-order valence-electron chi connectivity index (χ1n) is 9.83. The number of hydrogen-bond donors (Lipinski definition) is 2. The van der Waals surface area contributed by atoms with Crippen LogP contribution in [0.3, 0.4) is 0 Å². The number of carbonyl (C=O) groups excluding carboxylic acids is 2. The SMILES string of the molecule is CC1CC(N2CC[C@@H](NC(=O)CNC(=O)c3cccc(C(F)(F)F)c3)C2)CCO1. The Balaban J connectivity index is 1.44. The number of likely N-dealkylation sites (tertiary alicyclic amines) is 1. The van der Waals surface area contributed by atoms with E-state index in [1.165, 1.54) is 12.1 Å². The quantitative estimate of drug-likeness (QED) is 0.777. The molecule has 2 unspecified atom stereocenters. The van der Waals surface area contributed by atoms with Gasteiger partial charge in [-0.05, 0) is 44.4 Å². The highest BCUT2D eigenvalue weighted by molar-refractivity contribution is 5.96. The summed E-state index contributed by atoms with van der Waals surface area (Å²) < 4.78 is 43.8. The third-order valence-corrected chi connectivity index (χ3v) is 5.42. The summed E-state index contributed by atoms with van der Waals surface area (Å²) in [4.78, 5) is 26.6. The van der Waals surface area contributed by atoms with Crippen LogP contribution in [-0.4, -0.2) is 61.1 Å². The summed E-state index contributed by atoms with van der Waals surface area (Å²) >= 11 is 0. The Bertz CT molecular complexity index is 741. The fourth-order valence-corrected chi connectivity index (χ4v) is 3.92. The standard InChI is InChI=1S/C20H26F3N3O3/c1-13-9-17(6-8-29-13)26-7-5-16(12-26)25-18(27)11-24-19(28)14-3-2-4-15(10-14)20(21,22)23/h2-4,10,13,16-17H,5-9,11-12H2,1H3,(H,24,28)(H,25,27)/t13?,16-,17?/m1/s1. The minimum Gasteiger partial charge on any atom is -0.378 e. The second-order valence-corrected chi connectivity index (χ2v) is 7.67. The summed E-state index contributed by atoms with van der Waals surface area (Å²) in [6.07, 6.45) is -1.48. The van der Waals surface area contributed by atoms with Crippen molar-refractivity contribution in [3.63, 3.8) is 0 Å². The second-order valence-electron chi connectivity index (χ2n) is 7.67. The molecule has 2 aliphatic heterocycles. The van der Waals surface area contributed by atoms with Crippen LogP contribution in [0.1, 0.15) is 42.1 Å². The van der Waals surface area contributed by atoms with Gasteiger partial charge in [0, 0.05) is 37.3 Å². The van der Waals surface area contributed by atoms with Crippen LogP contribution in [0.25, 0.3) is 0 Å². The van der Waals surface area contributed by atoms with Crippen LogP contribution in [-0.2, 0) is 15.7 Å². The first kappa shape index (κ1) is 21.6. The molecule has 2 saturated heterocycles. The average molecular weight is 413 g/mol. The molecule has 1 aromatic carbocycles. The van der Waals surface area contributed by atoms with Crippen molar-refractivity contribution in [3.05, 3.63) is 35.4 Å². The zero-order valence-corrected chi connectivity index (χ0v) is 16.3. The Morgan fingerprint density at radius 1 is 1.28 bits per heavy atom. The van der Waals surface area contributed by atoms with Crippen molar-refractivity contribution in [2.24, 2.45) is 0 Å². The molecule has 2 N–H and O–H groups in total. The minimum atomic E-state index is -4.52. The van der Waals surface area contributed by atoms with Gasteiger partial charge in [-0.1, -0.05) is 6.07 Å². The normalized spacial score (nSPS) is 25.6. The largest absolute Gasteiger partial charge is 0.416 e. The van der Waals surface area contributed by atoms with Crippen LogP contribution in [0.15, 0.2) is 24.3 Å². The summed E-state index contributed by atoms with van der Waals surface area (Å²) in [5.41, 5.74) is -1.03. The molecule has 2 fully saturated rings. The zero-order chi connectivity index (χ0) is 21.0. The van der Waals surface area contributed by atoms with Crippen molar-refractivity contribution in [2.75, 3.05) is 26.2 Å². The fourth-order valence-electron chi connectivity index (χ4n) is 3.92. The van der Waals surface area contributed by atoms with Gasteiger partial charge in [-0.2, -0.15) is 13.2 Å². The van der Waals surface area contributed by atoms with Gasteiger partial charge in [0.15, 0.2) is 0 Å². The number of hydrogen-bond acceptors (Lipinski definition) is 4. The van der Waals surface area contributed by atoms with Crippen molar-refractivity contribution >= 4 is 11.8 Å². The molecule has 3 atom stereocenters. The van der Waals surface area contributed by atoms with E-state index in [-0.39, 0.29) is 30.2 Å². The van der Waals surface area contributed by atoms with Crippen LogP contribution in [0.5, 0.6) is 0 Å². The molecule has 0 aromatic heterocycles. The predicted octanol–water partition coefficient (Wildman–Crippen LogP) is 2.19. The lowest BCUT2D eigenvalue weighted by Gasteiger charge is -2.34. The molecule has 2 heterocycles. The van der Waals surface area contributed by atoms with Gasteiger partial charge in [0.25, 0.3) is 5.91 Å². The number of alkyl halides is 3. The van der Waals surface area contributed by atoms with Gasteiger partial charge in [-0.25, -0.2) is 0 Å². The summed E-state index contributed by atoms with van der Waals surface area (Å²) in [6, 6.07) is 4.59. The molecule has 160 valence electrons. The molecule has 0 aliphatic carbocycles. The molecule has 1 aromatic rings. The van der Waals surface area contributed by atoms with Crippen LogP contribution in [0.2, 0.25) is 0 Å². The molecule has 0 radical (unpaired) electrons. The van der Waals surface area contributed by atoms with Gasteiger partial charge in [0.2, 0.25) is 5.91 Å².